The Labute approximate surface area is 174 Å². The number of aromatic nitrogens is 1. The SMILES string of the molecule is CCOc1ncccc1-c1ccc2cc(C(=O)N3C[C@@H]4COC(=O)[C@@H]4C3)ccc2c1. The second-order valence-corrected chi connectivity index (χ2v) is 7.77. The lowest BCUT2D eigenvalue weighted by atomic mass is 10.00. The predicted molar refractivity (Wildman–Crippen MR) is 112 cm³/mol. The minimum absolute atomic E-state index is 0.0333. The molecule has 3 heterocycles. The van der Waals surface area contributed by atoms with E-state index in [2.05, 4.69) is 11.1 Å². The van der Waals surface area contributed by atoms with Gasteiger partial charge in [-0.1, -0.05) is 18.2 Å². The second-order valence-electron chi connectivity index (χ2n) is 7.77. The zero-order valence-electron chi connectivity index (χ0n) is 16.7. The van der Waals surface area contributed by atoms with Gasteiger partial charge in [0.15, 0.2) is 0 Å². The molecule has 152 valence electrons. The number of rotatable bonds is 4. The Bertz CT molecular complexity index is 1140. The lowest BCUT2D eigenvalue weighted by Crippen LogP contribution is -2.30. The maximum atomic E-state index is 13.0. The average Bonchev–Trinajstić information content (AvgIpc) is 3.35. The number of pyridine rings is 1. The fourth-order valence-corrected chi connectivity index (χ4v) is 4.36. The predicted octanol–water partition coefficient (Wildman–Crippen LogP) is 3.55. The summed E-state index contributed by atoms with van der Waals surface area (Å²) in [5.74, 6) is 0.362. The Kier molecular flexibility index (Phi) is 4.62. The average molecular weight is 402 g/mol. The van der Waals surface area contributed by atoms with E-state index in [0.29, 0.717) is 37.7 Å². The first kappa shape index (κ1) is 18.6. The van der Waals surface area contributed by atoms with Crippen molar-refractivity contribution in [3.63, 3.8) is 0 Å². The van der Waals surface area contributed by atoms with Crippen LogP contribution in [0.2, 0.25) is 0 Å². The second kappa shape index (κ2) is 7.44. The largest absolute Gasteiger partial charge is 0.478 e. The Morgan fingerprint density at radius 2 is 2.00 bits per heavy atom. The Balaban J connectivity index is 1.42. The molecule has 1 aromatic heterocycles. The third kappa shape index (κ3) is 3.18. The first-order valence-electron chi connectivity index (χ1n) is 10.2. The van der Waals surface area contributed by atoms with Crippen molar-refractivity contribution in [1.82, 2.24) is 9.88 Å². The van der Waals surface area contributed by atoms with E-state index in [9.17, 15) is 9.59 Å². The third-order valence-corrected chi connectivity index (χ3v) is 5.92. The summed E-state index contributed by atoms with van der Waals surface area (Å²) >= 11 is 0. The topological polar surface area (TPSA) is 68.7 Å². The molecule has 1 amide bonds. The molecule has 3 aromatic rings. The van der Waals surface area contributed by atoms with E-state index in [4.69, 9.17) is 9.47 Å². The molecule has 0 bridgehead atoms. The number of carbonyl (C=O) groups is 2. The number of nitrogens with zero attached hydrogens (tertiary/aromatic N) is 2. The number of benzene rings is 2. The van der Waals surface area contributed by atoms with E-state index in [1.165, 1.54) is 0 Å². The van der Waals surface area contributed by atoms with Gasteiger partial charge < -0.3 is 14.4 Å². The van der Waals surface area contributed by atoms with Crippen molar-refractivity contribution < 1.29 is 19.1 Å². The van der Waals surface area contributed by atoms with E-state index in [1.807, 2.05) is 49.4 Å². The number of esters is 1. The summed E-state index contributed by atoms with van der Waals surface area (Å²) < 4.78 is 10.7. The highest BCUT2D eigenvalue weighted by atomic mass is 16.5. The summed E-state index contributed by atoms with van der Waals surface area (Å²) in [5.41, 5.74) is 2.60. The maximum absolute atomic E-state index is 13.0. The number of carbonyl (C=O) groups excluding carboxylic acids is 2. The van der Waals surface area contributed by atoms with Crippen LogP contribution < -0.4 is 4.74 Å². The van der Waals surface area contributed by atoms with Crippen LogP contribution in [0.15, 0.2) is 54.7 Å². The molecule has 5 rings (SSSR count). The summed E-state index contributed by atoms with van der Waals surface area (Å²) in [6.45, 7) is 3.94. The number of amides is 1. The molecule has 6 nitrogen and oxygen atoms in total. The van der Waals surface area contributed by atoms with E-state index in [-0.39, 0.29) is 23.7 Å². The third-order valence-electron chi connectivity index (χ3n) is 5.92. The van der Waals surface area contributed by atoms with Crippen molar-refractivity contribution >= 4 is 22.6 Å². The summed E-state index contributed by atoms with van der Waals surface area (Å²) in [5, 5.41) is 2.03. The van der Waals surface area contributed by atoms with Gasteiger partial charge in [-0.25, -0.2) is 4.98 Å². The van der Waals surface area contributed by atoms with Gasteiger partial charge >= 0.3 is 5.97 Å². The number of hydrogen-bond donors (Lipinski definition) is 0. The summed E-state index contributed by atoms with van der Waals surface area (Å²) in [6, 6.07) is 15.7. The molecule has 2 fully saturated rings. The zero-order chi connectivity index (χ0) is 20.7. The molecule has 2 saturated heterocycles. The first-order chi connectivity index (χ1) is 14.6. The van der Waals surface area contributed by atoms with Crippen molar-refractivity contribution in [3.05, 3.63) is 60.3 Å². The smallest absolute Gasteiger partial charge is 0.311 e. The van der Waals surface area contributed by atoms with Crippen LogP contribution in [-0.4, -0.2) is 48.1 Å². The van der Waals surface area contributed by atoms with Crippen LogP contribution in [-0.2, 0) is 9.53 Å². The first-order valence-corrected chi connectivity index (χ1v) is 10.2. The molecule has 2 aliphatic rings. The highest BCUT2D eigenvalue weighted by Gasteiger charge is 2.45. The minimum atomic E-state index is -0.178. The number of cyclic esters (lactones) is 1. The van der Waals surface area contributed by atoms with Crippen LogP contribution in [0.5, 0.6) is 5.88 Å². The van der Waals surface area contributed by atoms with Crippen LogP contribution in [0.3, 0.4) is 0 Å². The fourth-order valence-electron chi connectivity index (χ4n) is 4.36. The summed E-state index contributed by atoms with van der Waals surface area (Å²) in [4.78, 5) is 30.9. The van der Waals surface area contributed by atoms with Gasteiger partial charge in [0.2, 0.25) is 5.88 Å². The van der Waals surface area contributed by atoms with Crippen molar-refractivity contribution in [2.45, 2.75) is 6.92 Å². The van der Waals surface area contributed by atoms with Crippen LogP contribution in [0, 0.1) is 11.8 Å². The van der Waals surface area contributed by atoms with E-state index in [1.54, 1.807) is 11.1 Å². The number of ether oxygens (including phenoxy) is 2. The van der Waals surface area contributed by atoms with Gasteiger partial charge in [0.25, 0.3) is 5.91 Å². The van der Waals surface area contributed by atoms with Crippen molar-refractivity contribution in [2.75, 3.05) is 26.3 Å². The molecule has 6 heteroatoms. The van der Waals surface area contributed by atoms with Gasteiger partial charge in [0, 0.05) is 36.3 Å². The van der Waals surface area contributed by atoms with E-state index >= 15 is 0 Å². The normalized spacial score (nSPS) is 20.3. The minimum Gasteiger partial charge on any atom is -0.478 e. The molecular weight excluding hydrogens is 380 g/mol. The van der Waals surface area contributed by atoms with Gasteiger partial charge in [0.1, 0.15) is 0 Å². The molecule has 30 heavy (non-hydrogen) atoms. The maximum Gasteiger partial charge on any atom is 0.311 e. The van der Waals surface area contributed by atoms with Gasteiger partial charge in [0.05, 0.1) is 19.1 Å². The van der Waals surface area contributed by atoms with E-state index < -0.39 is 0 Å². The van der Waals surface area contributed by atoms with Crippen molar-refractivity contribution in [1.29, 1.82) is 0 Å². The van der Waals surface area contributed by atoms with E-state index in [0.717, 1.165) is 21.9 Å². The fraction of sp³-hybridized carbons (Fsp3) is 0.292. The van der Waals surface area contributed by atoms with Gasteiger partial charge in [-0.05, 0) is 53.6 Å². The summed E-state index contributed by atoms with van der Waals surface area (Å²) in [7, 11) is 0. The number of fused-ring (bicyclic) bond motifs is 2. The molecule has 0 aliphatic carbocycles. The molecule has 0 unspecified atom stereocenters. The van der Waals surface area contributed by atoms with Gasteiger partial charge in [-0.2, -0.15) is 0 Å². The van der Waals surface area contributed by atoms with Crippen molar-refractivity contribution in [3.8, 4) is 17.0 Å². The zero-order valence-corrected chi connectivity index (χ0v) is 16.7. The van der Waals surface area contributed by atoms with Crippen LogP contribution >= 0.6 is 0 Å². The standard InChI is InChI=1S/C24H22N2O4/c1-2-29-22-20(4-3-9-25-22)17-7-5-16-11-18(8-6-15(16)10-17)23(27)26-12-19-14-30-24(28)21(19)13-26/h3-11,19,21H,2,12-14H2,1H3/t19-,21-/m1/s1. The molecule has 0 saturated carbocycles. The number of hydrogen-bond acceptors (Lipinski definition) is 5. The molecular formula is C24H22N2O4. The van der Waals surface area contributed by atoms with Crippen molar-refractivity contribution in [2.24, 2.45) is 11.8 Å². The van der Waals surface area contributed by atoms with Crippen LogP contribution in [0.4, 0.5) is 0 Å². The lowest BCUT2D eigenvalue weighted by Gasteiger charge is -2.17. The Morgan fingerprint density at radius 3 is 2.83 bits per heavy atom. The quantitative estimate of drug-likeness (QED) is 0.625. The monoisotopic (exact) mass is 402 g/mol. The molecule has 0 N–H and O–H groups in total. The molecule has 0 radical (unpaired) electrons. The van der Waals surface area contributed by atoms with Crippen LogP contribution in [0.25, 0.3) is 21.9 Å². The Morgan fingerprint density at radius 1 is 1.17 bits per heavy atom. The Hall–Kier alpha value is -3.41. The molecule has 2 aliphatic heterocycles. The van der Waals surface area contributed by atoms with Gasteiger partial charge in [-0.15, -0.1) is 0 Å². The highest BCUT2D eigenvalue weighted by Crippen LogP contribution is 2.33. The number of likely N-dealkylation sites (tertiary alicyclic amines) is 1. The molecule has 2 atom stereocenters. The molecule has 2 aromatic carbocycles. The highest BCUT2D eigenvalue weighted by molar-refractivity contribution is 6.00. The lowest BCUT2D eigenvalue weighted by molar-refractivity contribution is -0.141. The summed E-state index contributed by atoms with van der Waals surface area (Å²) in [6.07, 6.45) is 1.72. The molecule has 0 spiro atoms. The van der Waals surface area contributed by atoms with Gasteiger partial charge in [-0.3, -0.25) is 9.59 Å². The van der Waals surface area contributed by atoms with Crippen LogP contribution in [0.1, 0.15) is 17.3 Å².